The Bertz CT molecular complexity index is 781. The van der Waals surface area contributed by atoms with Crippen molar-refractivity contribution in [1.29, 1.82) is 0 Å². The average molecular weight is 333 g/mol. The maximum absolute atomic E-state index is 6.57. The van der Waals surface area contributed by atoms with Gasteiger partial charge in [0.25, 0.3) is 0 Å². The standard InChI is InChI=1S/C23H27NO/c1-17-5-7-18(8-6-17)19-9-10-22-20(14-19)15-23(25-22)11-13-24-12-3-2-4-21(24)16-23/h5-10,14,21H,2-4,11-13,15-16H2,1H3/t21-,23-/m1/s1. The van der Waals surface area contributed by atoms with Gasteiger partial charge in [-0.3, -0.25) is 0 Å². The first-order chi connectivity index (χ1) is 12.2. The number of fused-ring (bicyclic) bond motifs is 2. The Balaban J connectivity index is 1.39. The van der Waals surface area contributed by atoms with Crippen LogP contribution in [0.15, 0.2) is 42.5 Å². The highest BCUT2D eigenvalue weighted by molar-refractivity contribution is 5.66. The van der Waals surface area contributed by atoms with Crippen LogP contribution in [0.4, 0.5) is 0 Å². The fraction of sp³-hybridized carbons (Fsp3) is 0.478. The Morgan fingerprint density at radius 1 is 1.00 bits per heavy atom. The number of ether oxygens (including phenoxy) is 1. The van der Waals surface area contributed by atoms with Gasteiger partial charge in [-0.1, -0.05) is 42.3 Å². The van der Waals surface area contributed by atoms with Gasteiger partial charge in [0, 0.05) is 31.8 Å². The summed E-state index contributed by atoms with van der Waals surface area (Å²) < 4.78 is 6.57. The van der Waals surface area contributed by atoms with Crippen molar-refractivity contribution in [3.05, 3.63) is 53.6 Å². The topological polar surface area (TPSA) is 12.5 Å². The van der Waals surface area contributed by atoms with E-state index in [1.807, 2.05) is 0 Å². The summed E-state index contributed by atoms with van der Waals surface area (Å²) in [5, 5.41) is 0. The van der Waals surface area contributed by atoms with Crippen molar-refractivity contribution in [3.8, 4) is 16.9 Å². The number of rotatable bonds is 1. The highest BCUT2D eigenvalue weighted by Crippen LogP contribution is 2.45. The van der Waals surface area contributed by atoms with Crippen LogP contribution in [0.5, 0.6) is 5.75 Å². The zero-order valence-electron chi connectivity index (χ0n) is 15.1. The second-order valence-corrected chi connectivity index (χ2v) is 8.29. The van der Waals surface area contributed by atoms with Crippen LogP contribution < -0.4 is 4.74 Å². The summed E-state index contributed by atoms with van der Waals surface area (Å²) in [6.45, 7) is 4.65. The molecule has 2 heteroatoms. The minimum absolute atomic E-state index is 0.0622. The number of hydrogen-bond donors (Lipinski definition) is 0. The van der Waals surface area contributed by atoms with Gasteiger partial charge in [0.1, 0.15) is 11.4 Å². The Morgan fingerprint density at radius 3 is 2.72 bits per heavy atom. The quantitative estimate of drug-likeness (QED) is 0.729. The number of nitrogens with zero attached hydrogens (tertiary/aromatic N) is 1. The zero-order valence-corrected chi connectivity index (χ0v) is 15.1. The van der Waals surface area contributed by atoms with Gasteiger partial charge in [-0.2, -0.15) is 0 Å². The summed E-state index contributed by atoms with van der Waals surface area (Å²) in [4.78, 5) is 2.71. The summed E-state index contributed by atoms with van der Waals surface area (Å²) in [5.41, 5.74) is 5.40. The van der Waals surface area contributed by atoms with Gasteiger partial charge < -0.3 is 9.64 Å². The highest BCUT2D eigenvalue weighted by Gasteiger charge is 2.46. The number of hydrogen-bond acceptors (Lipinski definition) is 2. The van der Waals surface area contributed by atoms with Gasteiger partial charge >= 0.3 is 0 Å². The molecule has 2 nitrogen and oxygen atoms in total. The van der Waals surface area contributed by atoms with Gasteiger partial charge in [-0.05, 0) is 55.1 Å². The number of aryl methyl sites for hydroxylation is 1. The van der Waals surface area contributed by atoms with E-state index < -0.39 is 0 Å². The fourth-order valence-corrected chi connectivity index (χ4v) is 5.08. The average Bonchev–Trinajstić information content (AvgIpc) is 2.98. The first kappa shape index (κ1) is 15.5. The smallest absolute Gasteiger partial charge is 0.123 e. The zero-order chi connectivity index (χ0) is 16.9. The molecule has 1 spiro atoms. The molecular formula is C23H27NO. The van der Waals surface area contributed by atoms with Crippen molar-refractivity contribution in [1.82, 2.24) is 4.90 Å². The third kappa shape index (κ3) is 2.77. The summed E-state index contributed by atoms with van der Waals surface area (Å²) in [5.74, 6) is 1.13. The Morgan fingerprint density at radius 2 is 1.84 bits per heavy atom. The Kier molecular flexibility index (Phi) is 3.63. The third-order valence-electron chi connectivity index (χ3n) is 6.50. The molecule has 0 aromatic heterocycles. The molecule has 3 aliphatic heterocycles. The molecule has 0 unspecified atom stereocenters. The lowest BCUT2D eigenvalue weighted by Crippen LogP contribution is -2.54. The van der Waals surface area contributed by atoms with Crippen LogP contribution in [0.2, 0.25) is 0 Å². The molecule has 2 aromatic carbocycles. The lowest BCUT2D eigenvalue weighted by molar-refractivity contribution is -0.0249. The molecule has 2 aromatic rings. The molecule has 0 bridgehead atoms. The fourth-order valence-electron chi connectivity index (χ4n) is 5.08. The van der Waals surface area contributed by atoms with E-state index in [2.05, 4.69) is 54.3 Å². The maximum atomic E-state index is 6.57. The van der Waals surface area contributed by atoms with E-state index in [0.717, 1.165) is 18.2 Å². The molecule has 3 aliphatic rings. The van der Waals surface area contributed by atoms with Crippen molar-refractivity contribution in [2.75, 3.05) is 13.1 Å². The predicted octanol–water partition coefficient (Wildman–Crippen LogP) is 4.98. The van der Waals surface area contributed by atoms with Gasteiger partial charge in [0.05, 0.1) is 0 Å². The molecule has 5 rings (SSSR count). The Hall–Kier alpha value is -1.80. The summed E-state index contributed by atoms with van der Waals surface area (Å²) in [6.07, 6.45) is 7.61. The summed E-state index contributed by atoms with van der Waals surface area (Å²) in [6, 6.07) is 16.4. The van der Waals surface area contributed by atoms with E-state index in [1.165, 1.54) is 67.4 Å². The van der Waals surface area contributed by atoms with Crippen LogP contribution in [0, 0.1) is 6.92 Å². The molecule has 130 valence electrons. The number of benzene rings is 2. The third-order valence-corrected chi connectivity index (χ3v) is 6.50. The Labute approximate surface area is 150 Å². The largest absolute Gasteiger partial charge is 0.487 e. The van der Waals surface area contributed by atoms with Crippen LogP contribution in [-0.4, -0.2) is 29.6 Å². The van der Waals surface area contributed by atoms with Crippen molar-refractivity contribution in [2.45, 2.75) is 57.1 Å². The highest BCUT2D eigenvalue weighted by atomic mass is 16.5. The first-order valence-electron chi connectivity index (χ1n) is 9.84. The van der Waals surface area contributed by atoms with Crippen molar-refractivity contribution in [3.63, 3.8) is 0 Å². The molecular weight excluding hydrogens is 306 g/mol. The van der Waals surface area contributed by atoms with E-state index in [4.69, 9.17) is 4.74 Å². The summed E-state index contributed by atoms with van der Waals surface area (Å²) in [7, 11) is 0. The lowest BCUT2D eigenvalue weighted by atomic mass is 9.80. The molecule has 2 atom stereocenters. The summed E-state index contributed by atoms with van der Waals surface area (Å²) >= 11 is 0. The van der Waals surface area contributed by atoms with Gasteiger partial charge in [-0.15, -0.1) is 0 Å². The van der Waals surface area contributed by atoms with Crippen molar-refractivity contribution in [2.24, 2.45) is 0 Å². The van der Waals surface area contributed by atoms with Crippen LogP contribution in [0.25, 0.3) is 11.1 Å². The molecule has 0 N–H and O–H groups in total. The molecule has 25 heavy (non-hydrogen) atoms. The first-order valence-corrected chi connectivity index (χ1v) is 9.84. The van der Waals surface area contributed by atoms with E-state index in [0.29, 0.717) is 0 Å². The van der Waals surface area contributed by atoms with Gasteiger partial charge in [-0.25, -0.2) is 0 Å². The van der Waals surface area contributed by atoms with Crippen molar-refractivity contribution >= 4 is 0 Å². The molecule has 0 amide bonds. The van der Waals surface area contributed by atoms with Crippen LogP contribution in [0.1, 0.15) is 43.2 Å². The van der Waals surface area contributed by atoms with Crippen LogP contribution in [-0.2, 0) is 6.42 Å². The lowest BCUT2D eigenvalue weighted by Gasteiger charge is -2.46. The van der Waals surface area contributed by atoms with Gasteiger partial charge in [0.15, 0.2) is 0 Å². The molecule has 3 heterocycles. The normalized spacial score (nSPS) is 28.4. The van der Waals surface area contributed by atoms with Crippen LogP contribution >= 0.6 is 0 Å². The SMILES string of the molecule is Cc1ccc(-c2ccc3c(c2)C[C@@]2(CCN4CCCC[C@@H]4C2)O3)cc1. The molecule has 0 saturated carbocycles. The van der Waals surface area contributed by atoms with E-state index in [-0.39, 0.29) is 5.60 Å². The predicted molar refractivity (Wildman–Crippen MR) is 102 cm³/mol. The van der Waals surface area contributed by atoms with E-state index >= 15 is 0 Å². The molecule has 0 radical (unpaired) electrons. The monoisotopic (exact) mass is 333 g/mol. The van der Waals surface area contributed by atoms with Crippen molar-refractivity contribution < 1.29 is 4.74 Å². The van der Waals surface area contributed by atoms with Crippen LogP contribution in [0.3, 0.4) is 0 Å². The minimum atomic E-state index is 0.0622. The molecule has 2 fully saturated rings. The minimum Gasteiger partial charge on any atom is -0.487 e. The molecule has 2 saturated heterocycles. The molecule has 0 aliphatic carbocycles. The van der Waals surface area contributed by atoms with Gasteiger partial charge in [0.2, 0.25) is 0 Å². The second-order valence-electron chi connectivity index (χ2n) is 8.29. The van der Waals surface area contributed by atoms with E-state index in [1.54, 1.807) is 0 Å². The maximum Gasteiger partial charge on any atom is 0.123 e. The second kappa shape index (κ2) is 5.88. The van der Waals surface area contributed by atoms with E-state index in [9.17, 15) is 0 Å². The number of piperidine rings is 2.